The predicted molar refractivity (Wildman–Crippen MR) is 118 cm³/mol. The summed E-state index contributed by atoms with van der Waals surface area (Å²) >= 11 is 0. The average Bonchev–Trinajstić information content (AvgIpc) is 3.04. The summed E-state index contributed by atoms with van der Waals surface area (Å²) in [7, 11) is 0.0510. The number of hydrogen-bond donors (Lipinski definition) is 0. The number of halogens is 3. The fraction of sp³-hybridized carbons (Fsp3) is 0.217. The maximum Gasteiger partial charge on any atom is 0.573 e. The van der Waals surface area contributed by atoms with E-state index in [2.05, 4.69) is 30.4 Å². The molecule has 0 saturated heterocycles. The minimum atomic E-state index is -4.77. The second-order valence-corrected chi connectivity index (χ2v) is 13.3. The van der Waals surface area contributed by atoms with Gasteiger partial charge in [0.25, 0.3) is 0 Å². The molecule has 0 spiro atoms. The van der Waals surface area contributed by atoms with Crippen molar-refractivity contribution in [3.8, 4) is 5.75 Å². The molecule has 156 valence electrons. The molecule has 3 aromatic carbocycles. The number of rotatable bonds is 4. The van der Waals surface area contributed by atoms with Gasteiger partial charge in [0.2, 0.25) is 0 Å². The number of benzene rings is 3. The molecule has 0 saturated carbocycles. The van der Waals surface area contributed by atoms with Crippen LogP contribution >= 0.6 is 0 Å². The highest BCUT2D eigenvalue weighted by atomic mass is 28.3. The van der Waals surface area contributed by atoms with Crippen LogP contribution in [0.4, 0.5) is 24.5 Å². The van der Waals surface area contributed by atoms with Crippen LogP contribution in [0.1, 0.15) is 0 Å². The Morgan fingerprint density at radius 3 is 2.07 bits per heavy atom. The van der Waals surface area contributed by atoms with Crippen LogP contribution in [0.2, 0.25) is 19.6 Å². The van der Waals surface area contributed by atoms with Gasteiger partial charge in [0.05, 0.1) is 19.4 Å². The van der Waals surface area contributed by atoms with Gasteiger partial charge in [-0.15, -0.1) is 13.2 Å². The van der Waals surface area contributed by atoms with E-state index < -0.39 is 14.4 Å². The Morgan fingerprint density at radius 2 is 1.40 bits per heavy atom. The molecular weight excluding hydrogens is 407 g/mol. The first-order valence-electron chi connectivity index (χ1n) is 9.59. The highest BCUT2D eigenvalue weighted by Crippen LogP contribution is 2.40. The highest BCUT2D eigenvalue weighted by Gasteiger charge is 2.33. The maximum atomic E-state index is 12.9. The largest absolute Gasteiger partial charge is 0.573 e. The van der Waals surface area contributed by atoms with Crippen molar-refractivity contribution in [3.63, 3.8) is 0 Å². The molecule has 4 rings (SSSR count). The molecule has 30 heavy (non-hydrogen) atoms. The quantitative estimate of drug-likeness (QED) is 0.334. The molecule has 0 amide bonds. The number of ether oxygens (including phenoxy) is 1. The molecular formula is C23H22F3NO2Si. The van der Waals surface area contributed by atoms with E-state index in [-0.39, 0.29) is 5.75 Å². The van der Waals surface area contributed by atoms with E-state index in [0.717, 1.165) is 16.4 Å². The lowest BCUT2D eigenvalue weighted by molar-refractivity contribution is -0.274. The lowest BCUT2D eigenvalue weighted by Crippen LogP contribution is -2.37. The van der Waals surface area contributed by atoms with Crippen LogP contribution in [0.3, 0.4) is 0 Å². The Labute approximate surface area is 173 Å². The topological polar surface area (TPSA) is 25.6 Å². The Balaban J connectivity index is 1.91. The van der Waals surface area contributed by atoms with Crippen LogP contribution < -0.4 is 14.8 Å². The number of fused-ring (bicyclic) bond motifs is 3. The van der Waals surface area contributed by atoms with E-state index in [1.54, 1.807) is 24.1 Å². The van der Waals surface area contributed by atoms with E-state index in [0.29, 0.717) is 17.0 Å². The van der Waals surface area contributed by atoms with Crippen LogP contribution in [-0.2, 0) is 0 Å². The molecule has 0 aliphatic carbocycles. The van der Waals surface area contributed by atoms with Crippen molar-refractivity contribution in [2.45, 2.75) is 26.0 Å². The number of nitrogens with zero attached hydrogens (tertiary/aromatic N) is 1. The summed E-state index contributed by atoms with van der Waals surface area (Å²) in [4.78, 5) is 1.67. The van der Waals surface area contributed by atoms with Crippen molar-refractivity contribution in [2.24, 2.45) is 0 Å². The van der Waals surface area contributed by atoms with Gasteiger partial charge in [-0.2, -0.15) is 0 Å². The summed E-state index contributed by atoms with van der Waals surface area (Å²) in [6, 6.07) is 18.0. The third kappa shape index (κ3) is 3.65. The molecule has 1 aromatic heterocycles. The second kappa shape index (κ2) is 7.09. The Kier molecular flexibility index (Phi) is 4.81. The van der Waals surface area contributed by atoms with Crippen molar-refractivity contribution >= 4 is 46.6 Å². The number of anilines is 2. The van der Waals surface area contributed by atoms with Crippen LogP contribution in [0.25, 0.3) is 21.9 Å². The second-order valence-electron chi connectivity index (χ2n) is 8.26. The molecule has 0 fully saturated rings. The van der Waals surface area contributed by atoms with Crippen molar-refractivity contribution in [1.82, 2.24) is 0 Å². The summed E-state index contributed by atoms with van der Waals surface area (Å²) in [5.74, 6) is -0.261. The zero-order chi connectivity index (χ0) is 21.7. The first-order valence-corrected chi connectivity index (χ1v) is 13.1. The molecule has 0 bridgehead atoms. The summed E-state index contributed by atoms with van der Waals surface area (Å²) < 4.78 is 49.2. The van der Waals surface area contributed by atoms with Crippen LogP contribution in [0.5, 0.6) is 5.75 Å². The molecule has 0 N–H and O–H groups in total. The number of alkyl halides is 3. The molecule has 0 aliphatic heterocycles. The van der Waals surface area contributed by atoms with Crippen LogP contribution in [0, 0.1) is 0 Å². The molecule has 0 radical (unpaired) electrons. The van der Waals surface area contributed by atoms with Gasteiger partial charge >= 0.3 is 6.36 Å². The van der Waals surface area contributed by atoms with Crippen molar-refractivity contribution in [1.29, 1.82) is 0 Å². The SMILES string of the molecule is CN(c1ccccc1OC(F)(F)F)c1cccc2c1oc1c([Si](C)(C)C)cccc12. The molecule has 3 nitrogen and oxygen atoms in total. The standard InChI is InChI=1S/C23H22F3NO2Si/c1-27(17-11-5-6-13-19(17)29-23(24,25)26)18-12-7-9-15-16-10-8-14-20(30(2,3)4)22(16)28-21(15)18/h5-14H,1-4H3. The fourth-order valence-corrected chi connectivity index (χ4v) is 5.20. The highest BCUT2D eigenvalue weighted by molar-refractivity contribution is 6.90. The third-order valence-electron chi connectivity index (χ3n) is 5.13. The average molecular weight is 430 g/mol. The molecule has 4 aromatic rings. The van der Waals surface area contributed by atoms with E-state index in [4.69, 9.17) is 4.42 Å². The van der Waals surface area contributed by atoms with Gasteiger partial charge in [0.15, 0.2) is 11.3 Å². The Hall–Kier alpha value is -2.93. The first kappa shape index (κ1) is 20.3. The summed E-state index contributed by atoms with van der Waals surface area (Å²) in [6.07, 6.45) is -4.77. The zero-order valence-corrected chi connectivity index (χ0v) is 18.2. The minimum absolute atomic E-state index is 0.261. The molecule has 7 heteroatoms. The summed E-state index contributed by atoms with van der Waals surface area (Å²) in [5.41, 5.74) is 2.46. The number of para-hydroxylation sites is 4. The lowest BCUT2D eigenvalue weighted by atomic mass is 10.1. The maximum absolute atomic E-state index is 12.9. The van der Waals surface area contributed by atoms with Crippen molar-refractivity contribution in [3.05, 3.63) is 60.7 Å². The van der Waals surface area contributed by atoms with Crippen molar-refractivity contribution in [2.75, 3.05) is 11.9 Å². The van der Waals surface area contributed by atoms with Gasteiger partial charge in [-0.05, 0) is 23.4 Å². The smallest absolute Gasteiger partial charge is 0.454 e. The molecule has 0 atom stereocenters. The number of hydrogen-bond acceptors (Lipinski definition) is 3. The summed E-state index contributed by atoms with van der Waals surface area (Å²) in [6.45, 7) is 6.77. The Bertz CT molecular complexity index is 1220. The monoisotopic (exact) mass is 429 g/mol. The lowest BCUT2D eigenvalue weighted by Gasteiger charge is -2.23. The normalized spacial score (nSPS) is 12.5. The van der Waals surface area contributed by atoms with E-state index in [1.807, 2.05) is 30.3 Å². The van der Waals surface area contributed by atoms with Gasteiger partial charge in [-0.25, -0.2) is 0 Å². The van der Waals surface area contributed by atoms with Gasteiger partial charge in [-0.1, -0.05) is 62.1 Å². The minimum Gasteiger partial charge on any atom is -0.454 e. The zero-order valence-electron chi connectivity index (χ0n) is 17.2. The van der Waals surface area contributed by atoms with Gasteiger partial charge < -0.3 is 14.1 Å². The van der Waals surface area contributed by atoms with Crippen molar-refractivity contribution < 1.29 is 22.3 Å². The Morgan fingerprint density at radius 1 is 0.800 bits per heavy atom. The van der Waals surface area contributed by atoms with E-state index in [1.165, 1.54) is 17.3 Å². The first-order chi connectivity index (χ1) is 14.1. The van der Waals surface area contributed by atoms with Gasteiger partial charge in [-0.3, -0.25) is 0 Å². The fourth-order valence-electron chi connectivity index (χ4n) is 3.74. The third-order valence-corrected chi connectivity index (χ3v) is 7.13. The predicted octanol–water partition coefficient (Wildman–Crippen LogP) is 6.80. The number of furan rings is 1. The van der Waals surface area contributed by atoms with Gasteiger partial charge in [0.1, 0.15) is 5.58 Å². The van der Waals surface area contributed by atoms with Gasteiger partial charge in [0, 0.05) is 17.8 Å². The van der Waals surface area contributed by atoms with Crippen LogP contribution in [-0.4, -0.2) is 21.5 Å². The van der Waals surface area contributed by atoms with E-state index >= 15 is 0 Å². The molecule has 0 unspecified atom stereocenters. The molecule has 0 aliphatic rings. The van der Waals surface area contributed by atoms with Crippen LogP contribution in [0.15, 0.2) is 65.1 Å². The summed E-state index contributed by atoms with van der Waals surface area (Å²) in [5, 5.41) is 3.16. The molecule has 1 heterocycles. The van der Waals surface area contributed by atoms with E-state index in [9.17, 15) is 13.2 Å².